The van der Waals surface area contributed by atoms with Crippen LogP contribution in [0.15, 0.2) is 35.4 Å². The van der Waals surface area contributed by atoms with Crippen molar-refractivity contribution in [3.63, 3.8) is 0 Å². The highest BCUT2D eigenvalue weighted by Gasteiger charge is 2.33. The first-order chi connectivity index (χ1) is 14.1. The highest BCUT2D eigenvalue weighted by atomic mass is 32.1. The lowest BCUT2D eigenvalue weighted by atomic mass is 9.97. The van der Waals surface area contributed by atoms with Crippen LogP contribution >= 0.6 is 11.3 Å². The fourth-order valence-corrected chi connectivity index (χ4v) is 4.47. The molecule has 2 aromatic rings. The number of Topliss-reactive ketones (excluding diaryl/α,β-unsaturated/α-hetero) is 1. The molecule has 6 nitrogen and oxygen atoms in total. The molecule has 4 rings (SSSR count). The average molecular weight is 413 g/mol. The Bertz CT molecular complexity index is 950. The minimum atomic E-state index is -0.183. The maximum Gasteiger partial charge on any atom is 0.310 e. The molecular weight excluding hydrogens is 390 g/mol. The number of fused-ring (bicyclic) bond motifs is 1. The number of phenolic OH excluding ortho intramolecular Hbond substituents is 1. The number of nitrogens with zero attached hydrogens (tertiary/aromatic N) is 1. The zero-order chi connectivity index (χ0) is 20.4. The molecule has 1 saturated heterocycles. The van der Waals surface area contributed by atoms with Crippen LogP contribution in [-0.4, -0.2) is 41.5 Å². The Morgan fingerprint density at radius 3 is 3.03 bits per heavy atom. The summed E-state index contributed by atoms with van der Waals surface area (Å²) in [5.74, 6) is 0.241. The van der Waals surface area contributed by atoms with Crippen molar-refractivity contribution in [1.29, 1.82) is 0 Å². The normalized spacial score (nSPS) is 20.5. The van der Waals surface area contributed by atoms with E-state index in [9.17, 15) is 14.7 Å². The van der Waals surface area contributed by atoms with Crippen LogP contribution in [0.3, 0.4) is 0 Å². The van der Waals surface area contributed by atoms with Crippen molar-refractivity contribution in [1.82, 2.24) is 4.90 Å². The molecule has 1 fully saturated rings. The van der Waals surface area contributed by atoms with Gasteiger partial charge in [0.2, 0.25) is 5.78 Å². The summed E-state index contributed by atoms with van der Waals surface area (Å²) in [6.07, 6.45) is 3.41. The van der Waals surface area contributed by atoms with Gasteiger partial charge in [0.1, 0.15) is 11.5 Å². The molecule has 0 aliphatic carbocycles. The number of allylic oxidation sites excluding steroid dienone is 1. The molecule has 1 aromatic heterocycles. The van der Waals surface area contributed by atoms with Crippen molar-refractivity contribution >= 4 is 29.2 Å². The Morgan fingerprint density at radius 2 is 2.28 bits per heavy atom. The lowest BCUT2D eigenvalue weighted by Crippen LogP contribution is -2.39. The topological polar surface area (TPSA) is 76.1 Å². The summed E-state index contributed by atoms with van der Waals surface area (Å²) in [5, 5.41) is 12.4. The molecule has 1 aromatic carbocycles. The van der Waals surface area contributed by atoms with E-state index in [1.54, 1.807) is 19.1 Å². The molecule has 7 heteroatoms. The summed E-state index contributed by atoms with van der Waals surface area (Å²) in [6.45, 7) is 3.96. The molecule has 0 saturated carbocycles. The number of aromatic hydroxyl groups is 1. The van der Waals surface area contributed by atoms with E-state index in [4.69, 9.17) is 9.47 Å². The number of ether oxygens (including phenoxy) is 2. The zero-order valence-corrected chi connectivity index (χ0v) is 17.0. The number of hydrogen-bond acceptors (Lipinski definition) is 7. The van der Waals surface area contributed by atoms with Gasteiger partial charge in [0.15, 0.2) is 5.76 Å². The van der Waals surface area contributed by atoms with Gasteiger partial charge in [-0.1, -0.05) is 6.07 Å². The summed E-state index contributed by atoms with van der Waals surface area (Å²) in [4.78, 5) is 27.9. The largest absolute Gasteiger partial charge is 0.507 e. The van der Waals surface area contributed by atoms with Gasteiger partial charge in [-0.25, -0.2) is 0 Å². The Labute approximate surface area is 173 Å². The number of benzene rings is 1. The third-order valence-electron chi connectivity index (χ3n) is 5.24. The Kier molecular flexibility index (Phi) is 5.69. The fourth-order valence-electron chi connectivity index (χ4n) is 3.83. The third-order valence-corrected chi connectivity index (χ3v) is 6.06. The Balaban J connectivity index is 1.56. The molecule has 0 bridgehead atoms. The Hall–Kier alpha value is -2.64. The maximum atomic E-state index is 12.7. The van der Waals surface area contributed by atoms with Gasteiger partial charge in [-0.2, -0.15) is 0 Å². The van der Waals surface area contributed by atoms with Gasteiger partial charge in [0.05, 0.1) is 23.7 Å². The first-order valence-corrected chi connectivity index (χ1v) is 10.7. The zero-order valence-electron chi connectivity index (χ0n) is 16.2. The van der Waals surface area contributed by atoms with E-state index in [-0.39, 0.29) is 29.2 Å². The lowest BCUT2D eigenvalue weighted by molar-refractivity contribution is -0.150. The summed E-state index contributed by atoms with van der Waals surface area (Å²) in [5.41, 5.74) is 1.04. The van der Waals surface area contributed by atoms with Crippen LogP contribution in [0.1, 0.15) is 40.6 Å². The minimum absolute atomic E-state index is 0.0900. The molecule has 1 unspecified atom stereocenters. The lowest BCUT2D eigenvalue weighted by Gasteiger charge is -2.31. The second kappa shape index (κ2) is 8.39. The number of ketones is 1. The fraction of sp³-hybridized carbons (Fsp3) is 0.364. The molecule has 152 valence electrons. The first-order valence-electron chi connectivity index (χ1n) is 9.78. The molecule has 3 heterocycles. The van der Waals surface area contributed by atoms with Gasteiger partial charge in [-0.15, -0.1) is 11.3 Å². The van der Waals surface area contributed by atoms with Crippen LogP contribution in [0.25, 0.3) is 6.08 Å². The van der Waals surface area contributed by atoms with Crippen LogP contribution < -0.4 is 4.74 Å². The predicted octanol–water partition coefficient (Wildman–Crippen LogP) is 3.85. The molecule has 2 aliphatic rings. The predicted molar refractivity (Wildman–Crippen MR) is 110 cm³/mol. The van der Waals surface area contributed by atoms with E-state index in [0.29, 0.717) is 36.6 Å². The molecule has 0 spiro atoms. The highest BCUT2D eigenvalue weighted by molar-refractivity contribution is 7.10. The van der Waals surface area contributed by atoms with E-state index < -0.39 is 0 Å². The van der Waals surface area contributed by atoms with Crippen molar-refractivity contribution < 1.29 is 24.2 Å². The number of carbonyl (C=O) groups excluding carboxylic acids is 2. The smallest absolute Gasteiger partial charge is 0.310 e. The first kappa shape index (κ1) is 19.7. The summed E-state index contributed by atoms with van der Waals surface area (Å²) in [6, 6.07) is 6.97. The molecule has 0 radical (unpaired) electrons. The van der Waals surface area contributed by atoms with Gasteiger partial charge in [-0.3, -0.25) is 14.5 Å². The number of phenols is 1. The number of rotatable bonds is 5. The molecule has 0 amide bonds. The number of piperidine rings is 1. The van der Waals surface area contributed by atoms with Crippen LogP contribution in [0.4, 0.5) is 0 Å². The second-order valence-corrected chi connectivity index (χ2v) is 8.20. The van der Waals surface area contributed by atoms with Crippen molar-refractivity contribution in [2.24, 2.45) is 5.92 Å². The molecule has 29 heavy (non-hydrogen) atoms. The van der Waals surface area contributed by atoms with Gasteiger partial charge in [0, 0.05) is 24.0 Å². The highest BCUT2D eigenvalue weighted by Crippen LogP contribution is 2.40. The van der Waals surface area contributed by atoms with Crippen LogP contribution in [0, 0.1) is 5.92 Å². The van der Waals surface area contributed by atoms with Gasteiger partial charge in [0.25, 0.3) is 0 Å². The van der Waals surface area contributed by atoms with Crippen molar-refractivity contribution in [2.75, 3.05) is 19.7 Å². The number of hydrogen-bond donors (Lipinski definition) is 1. The molecular formula is C22H23NO5S. The van der Waals surface area contributed by atoms with Crippen molar-refractivity contribution in [2.45, 2.75) is 26.3 Å². The summed E-state index contributed by atoms with van der Waals surface area (Å²) >= 11 is 1.52. The van der Waals surface area contributed by atoms with E-state index in [2.05, 4.69) is 4.90 Å². The standard InChI is InChI=1S/C22H23NO5S/c1-2-27-22(26)14-5-3-9-23(12-14)13-17-18(24)8-7-16-20(25)19(28-21(16)17)11-15-6-4-10-29-15/h4,6-8,10-11,14,24H,2-3,5,9,12-13H2,1H3/b19-11-. The maximum absolute atomic E-state index is 12.7. The van der Waals surface area contributed by atoms with E-state index in [0.717, 1.165) is 24.3 Å². The monoisotopic (exact) mass is 413 g/mol. The molecule has 1 atom stereocenters. The SMILES string of the molecule is CCOC(=O)C1CCCN(Cc2c(O)ccc3c2O/C(=C\c2cccs2)C3=O)C1. The van der Waals surface area contributed by atoms with Crippen LogP contribution in [-0.2, 0) is 16.1 Å². The second-order valence-electron chi connectivity index (χ2n) is 7.22. The van der Waals surface area contributed by atoms with Crippen LogP contribution in [0.5, 0.6) is 11.5 Å². The average Bonchev–Trinajstić information content (AvgIpc) is 3.33. The number of carbonyl (C=O) groups is 2. The van der Waals surface area contributed by atoms with Crippen molar-refractivity contribution in [3.8, 4) is 11.5 Å². The molecule has 2 aliphatic heterocycles. The molecule has 1 N–H and O–H groups in total. The Morgan fingerprint density at radius 1 is 1.41 bits per heavy atom. The van der Waals surface area contributed by atoms with Gasteiger partial charge >= 0.3 is 5.97 Å². The van der Waals surface area contributed by atoms with E-state index >= 15 is 0 Å². The quantitative estimate of drug-likeness (QED) is 0.593. The third kappa shape index (κ3) is 4.06. The minimum Gasteiger partial charge on any atom is -0.507 e. The van der Waals surface area contributed by atoms with Crippen LogP contribution in [0.2, 0.25) is 0 Å². The van der Waals surface area contributed by atoms with E-state index in [1.165, 1.54) is 17.4 Å². The van der Waals surface area contributed by atoms with Crippen molar-refractivity contribution in [3.05, 3.63) is 51.4 Å². The summed E-state index contributed by atoms with van der Waals surface area (Å²) < 4.78 is 11.1. The summed E-state index contributed by atoms with van der Waals surface area (Å²) in [7, 11) is 0. The number of esters is 1. The number of thiophene rings is 1. The van der Waals surface area contributed by atoms with E-state index in [1.807, 2.05) is 17.5 Å². The van der Waals surface area contributed by atoms with Gasteiger partial charge < -0.3 is 14.6 Å². The van der Waals surface area contributed by atoms with Gasteiger partial charge in [-0.05, 0) is 49.9 Å². The number of likely N-dealkylation sites (tertiary alicyclic amines) is 1.